The lowest BCUT2D eigenvalue weighted by atomic mass is 9.59. The monoisotopic (exact) mass is 766 g/mol. The molecule has 0 aliphatic heterocycles. The van der Waals surface area contributed by atoms with Gasteiger partial charge in [-0.05, 0) is 76.9 Å². The fourth-order valence-electron chi connectivity index (χ4n) is 8.52. The maximum absolute atomic E-state index is 6.50. The van der Waals surface area contributed by atoms with Gasteiger partial charge in [0.25, 0.3) is 0 Å². The van der Waals surface area contributed by atoms with Crippen LogP contribution in [0.25, 0.3) is 106 Å². The van der Waals surface area contributed by atoms with Crippen molar-refractivity contribution in [3.63, 3.8) is 0 Å². The SMILES string of the molecule is [B]c1c([B])c([B])c(-c2cccc(-c3nc(-c4ccccc4)nc(-c4cccc5oc6ccc(-c7ccc8c(c7)c7ccccc7n8-c7ccccc7)cc6c45)n3)c2)c([B])c1[B]. The van der Waals surface area contributed by atoms with E-state index < -0.39 is 0 Å². The van der Waals surface area contributed by atoms with Crippen LogP contribution in [0.4, 0.5) is 0 Å². The number of nitrogens with zero attached hydrogens (tertiary/aromatic N) is 4. The Balaban J connectivity index is 1.08. The van der Waals surface area contributed by atoms with E-state index in [4.69, 9.17) is 58.6 Å². The molecule has 0 saturated carbocycles. The molecule has 272 valence electrons. The van der Waals surface area contributed by atoms with Gasteiger partial charge >= 0.3 is 0 Å². The van der Waals surface area contributed by atoms with Gasteiger partial charge in [-0.1, -0.05) is 120 Å². The molecule has 0 bridgehead atoms. The summed E-state index contributed by atoms with van der Waals surface area (Å²) in [5.41, 5.74) is 11.6. The molecule has 5 nitrogen and oxygen atoms in total. The molecule has 0 unspecified atom stereocenters. The van der Waals surface area contributed by atoms with Crippen molar-refractivity contribution in [1.29, 1.82) is 0 Å². The van der Waals surface area contributed by atoms with Crippen LogP contribution < -0.4 is 27.3 Å². The van der Waals surface area contributed by atoms with Crippen molar-refractivity contribution in [3.8, 4) is 62.1 Å². The van der Waals surface area contributed by atoms with Gasteiger partial charge in [0, 0.05) is 43.9 Å². The number of fused-ring (bicyclic) bond motifs is 6. The average Bonchev–Trinajstić information content (AvgIpc) is 3.86. The highest BCUT2D eigenvalue weighted by molar-refractivity contribution is 6.68. The molecule has 11 rings (SSSR count). The van der Waals surface area contributed by atoms with Crippen molar-refractivity contribution in [2.45, 2.75) is 0 Å². The first-order valence-corrected chi connectivity index (χ1v) is 19.8. The normalized spacial score (nSPS) is 11.6. The first-order chi connectivity index (χ1) is 29.8. The van der Waals surface area contributed by atoms with E-state index in [1.54, 1.807) is 0 Å². The van der Waals surface area contributed by atoms with E-state index in [0.29, 0.717) is 34.2 Å². The zero-order chi connectivity index (χ0) is 41.4. The summed E-state index contributed by atoms with van der Waals surface area (Å²) in [5, 5.41) is 4.22. The second-order valence-corrected chi connectivity index (χ2v) is 15.1. The Bertz CT molecular complexity index is 3520. The molecule has 0 N–H and O–H groups in total. The van der Waals surface area contributed by atoms with Crippen LogP contribution in [0.2, 0.25) is 0 Å². The third-order valence-electron chi connectivity index (χ3n) is 11.5. The summed E-state index contributed by atoms with van der Waals surface area (Å²) < 4.78 is 8.83. The van der Waals surface area contributed by atoms with Gasteiger partial charge in [0.05, 0.1) is 11.0 Å². The van der Waals surface area contributed by atoms with E-state index in [0.717, 1.165) is 60.9 Å². The molecule has 0 aliphatic carbocycles. The Morgan fingerprint density at radius 2 is 0.951 bits per heavy atom. The Morgan fingerprint density at radius 3 is 1.72 bits per heavy atom. The van der Waals surface area contributed by atoms with E-state index in [9.17, 15) is 0 Å². The number of hydrogen-bond donors (Lipinski definition) is 0. The van der Waals surface area contributed by atoms with Crippen LogP contribution in [0.3, 0.4) is 0 Å². The number of rotatable bonds is 6. The second-order valence-electron chi connectivity index (χ2n) is 15.1. The molecule has 0 fully saturated rings. The van der Waals surface area contributed by atoms with Gasteiger partial charge in [0.1, 0.15) is 50.4 Å². The van der Waals surface area contributed by atoms with Crippen LogP contribution in [-0.4, -0.2) is 58.8 Å². The molecule has 0 amide bonds. The zero-order valence-electron chi connectivity index (χ0n) is 32.7. The Labute approximate surface area is 358 Å². The van der Waals surface area contributed by atoms with E-state index >= 15 is 0 Å². The molecular weight excluding hydrogens is 739 g/mol. The third-order valence-corrected chi connectivity index (χ3v) is 11.5. The van der Waals surface area contributed by atoms with Crippen LogP contribution in [0.1, 0.15) is 0 Å². The Kier molecular flexibility index (Phi) is 8.71. The number of furan rings is 1. The average molecular weight is 766 g/mol. The smallest absolute Gasteiger partial charge is 0.164 e. The lowest BCUT2D eigenvalue weighted by Crippen LogP contribution is -2.55. The Morgan fingerprint density at radius 1 is 0.377 bits per heavy atom. The van der Waals surface area contributed by atoms with Crippen LogP contribution >= 0.6 is 0 Å². The minimum absolute atomic E-state index is 0.158. The molecule has 8 aromatic carbocycles. The number of aromatic nitrogens is 4. The van der Waals surface area contributed by atoms with Crippen molar-refractivity contribution in [2.75, 3.05) is 0 Å². The largest absolute Gasteiger partial charge is 0.456 e. The van der Waals surface area contributed by atoms with Gasteiger partial charge in [-0.2, -0.15) is 0 Å². The number of para-hydroxylation sites is 2. The maximum atomic E-state index is 6.50. The topological polar surface area (TPSA) is 56.7 Å². The molecule has 61 heavy (non-hydrogen) atoms. The van der Waals surface area contributed by atoms with E-state index in [2.05, 4.69) is 83.4 Å². The molecule has 0 saturated heterocycles. The van der Waals surface area contributed by atoms with Crippen molar-refractivity contribution >= 4 is 110 Å². The quantitative estimate of drug-likeness (QED) is 0.169. The predicted molar refractivity (Wildman–Crippen MR) is 256 cm³/mol. The standard InChI is InChI=1S/C51H27B5N4O/c52-44-42(45(53)47(55)48(56)46(44)54)31-13-9-14-32(25-31)50-57-49(28-11-3-1-4-12-28)58-51(59-50)35-18-10-20-41-43(35)37-27-30(22-24-40(37)61-41)29-21-23-39-36(26-29)34-17-7-8-19-38(34)60(39)33-15-5-2-6-16-33/h1-27H. The minimum Gasteiger partial charge on any atom is -0.456 e. The lowest BCUT2D eigenvalue weighted by Gasteiger charge is -2.21. The van der Waals surface area contributed by atoms with Crippen molar-refractivity contribution < 1.29 is 4.42 Å². The molecule has 10 heteroatoms. The van der Waals surface area contributed by atoms with E-state index in [1.165, 1.54) is 10.8 Å². The molecule has 11 aromatic rings. The van der Waals surface area contributed by atoms with Gasteiger partial charge in [-0.25, -0.2) is 15.0 Å². The molecule has 3 heterocycles. The summed E-state index contributed by atoms with van der Waals surface area (Å²) in [6, 6.07) is 55.5. The van der Waals surface area contributed by atoms with Gasteiger partial charge in [-0.3, -0.25) is 0 Å². The number of benzene rings is 8. The molecule has 10 radical (unpaired) electrons. The van der Waals surface area contributed by atoms with E-state index in [-0.39, 0.29) is 27.3 Å². The number of hydrogen-bond acceptors (Lipinski definition) is 4. The first kappa shape index (κ1) is 36.8. The highest BCUT2D eigenvalue weighted by Gasteiger charge is 2.20. The van der Waals surface area contributed by atoms with Gasteiger partial charge in [0.2, 0.25) is 0 Å². The summed E-state index contributed by atoms with van der Waals surface area (Å²) in [4.78, 5) is 15.2. The van der Waals surface area contributed by atoms with Crippen molar-refractivity contribution in [2.24, 2.45) is 0 Å². The summed E-state index contributed by atoms with van der Waals surface area (Å²) in [6.45, 7) is 0. The van der Waals surface area contributed by atoms with Crippen LogP contribution in [0, 0.1) is 0 Å². The van der Waals surface area contributed by atoms with E-state index in [1.807, 2.05) is 84.9 Å². The molecule has 0 spiro atoms. The predicted octanol–water partition coefficient (Wildman–Crippen LogP) is 7.17. The summed E-state index contributed by atoms with van der Waals surface area (Å²) in [5.74, 6) is 1.45. The van der Waals surface area contributed by atoms with Crippen molar-refractivity contribution in [1.82, 2.24) is 19.5 Å². The van der Waals surface area contributed by atoms with Gasteiger partial charge in [0.15, 0.2) is 17.5 Å². The fraction of sp³-hybridized carbons (Fsp3) is 0. The van der Waals surface area contributed by atoms with Crippen molar-refractivity contribution in [3.05, 3.63) is 164 Å². The highest BCUT2D eigenvalue weighted by Crippen LogP contribution is 2.40. The minimum atomic E-state index is 0.158. The Hall–Kier alpha value is -7.31. The molecular formula is C51H27B5N4O. The zero-order valence-corrected chi connectivity index (χ0v) is 32.7. The lowest BCUT2D eigenvalue weighted by molar-refractivity contribution is 0.669. The summed E-state index contributed by atoms with van der Waals surface area (Å²) in [7, 11) is 31.6. The van der Waals surface area contributed by atoms with Gasteiger partial charge in [-0.15, -0.1) is 16.4 Å². The first-order valence-electron chi connectivity index (χ1n) is 19.8. The summed E-state index contributed by atoms with van der Waals surface area (Å²) >= 11 is 0. The third kappa shape index (κ3) is 6.04. The van der Waals surface area contributed by atoms with Crippen LogP contribution in [0.15, 0.2) is 168 Å². The maximum Gasteiger partial charge on any atom is 0.164 e. The van der Waals surface area contributed by atoms with Gasteiger partial charge < -0.3 is 8.98 Å². The van der Waals surface area contributed by atoms with Crippen LogP contribution in [0.5, 0.6) is 0 Å². The summed E-state index contributed by atoms with van der Waals surface area (Å²) in [6.07, 6.45) is 0. The molecule has 0 atom stereocenters. The highest BCUT2D eigenvalue weighted by atomic mass is 16.3. The second kappa shape index (κ2) is 14.5. The fourth-order valence-corrected chi connectivity index (χ4v) is 8.52. The molecule has 3 aromatic heterocycles. The van der Waals surface area contributed by atoms with Crippen LogP contribution in [-0.2, 0) is 0 Å². The molecule has 0 aliphatic rings.